The van der Waals surface area contributed by atoms with Crippen molar-refractivity contribution in [1.29, 1.82) is 0 Å². The minimum atomic E-state index is -0.734. The number of benzene rings is 2. The Hall–Kier alpha value is -3.46. The maximum atomic E-state index is 13.3. The minimum absolute atomic E-state index is 0.0556. The molecule has 0 spiro atoms. The molecule has 0 aliphatic carbocycles. The Kier molecular flexibility index (Phi) is 6.91. The van der Waals surface area contributed by atoms with Crippen molar-refractivity contribution in [2.75, 3.05) is 39.4 Å². The fraction of sp³-hybridized carbons (Fsp3) is 0.296. The lowest BCUT2D eigenvalue weighted by atomic mass is 9.95. The quantitative estimate of drug-likeness (QED) is 0.312. The van der Waals surface area contributed by atoms with Crippen LogP contribution in [0.15, 0.2) is 66.4 Å². The topological polar surface area (TPSA) is 87.9 Å². The number of aromatic nitrogens is 2. The molecule has 1 atom stereocenters. The fourth-order valence-electron chi connectivity index (χ4n) is 4.79. The number of morpholine rings is 1. The summed E-state index contributed by atoms with van der Waals surface area (Å²) in [4.78, 5) is 30.3. The first kappa shape index (κ1) is 24.2. The monoisotopic (exact) mass is 506 g/mol. The number of ether oxygens (including phenoxy) is 1. The molecule has 0 unspecified atom stereocenters. The van der Waals surface area contributed by atoms with Crippen molar-refractivity contribution in [3.8, 4) is 5.69 Å². The van der Waals surface area contributed by atoms with Crippen LogP contribution in [0.2, 0.25) is 5.02 Å². The minimum Gasteiger partial charge on any atom is -0.507 e. The van der Waals surface area contributed by atoms with Gasteiger partial charge in [-0.05, 0) is 36.8 Å². The molecule has 3 aromatic rings. The lowest BCUT2D eigenvalue weighted by molar-refractivity contribution is -0.140. The van der Waals surface area contributed by atoms with Gasteiger partial charge in [-0.2, -0.15) is 5.10 Å². The van der Waals surface area contributed by atoms with E-state index in [-0.39, 0.29) is 11.3 Å². The highest BCUT2D eigenvalue weighted by Crippen LogP contribution is 2.40. The van der Waals surface area contributed by atoms with Crippen molar-refractivity contribution >= 4 is 29.1 Å². The standard InChI is InChI=1S/C27H27ClN4O4/c1-18-22(17-29-32(18)21-5-3-2-4-6-21)25(33)23-24(19-7-9-20(28)10-8-19)31(27(35)26(23)34)12-11-30-13-15-36-16-14-30/h2-10,17,24,33H,11-16H2,1H3/b25-23+/t24-/m1/s1. The highest BCUT2D eigenvalue weighted by atomic mass is 35.5. The van der Waals surface area contributed by atoms with Crippen LogP contribution in [0.1, 0.15) is 22.9 Å². The summed E-state index contributed by atoms with van der Waals surface area (Å²) < 4.78 is 7.11. The van der Waals surface area contributed by atoms with Crippen LogP contribution in [0, 0.1) is 6.92 Å². The van der Waals surface area contributed by atoms with Gasteiger partial charge in [0.2, 0.25) is 0 Å². The van der Waals surface area contributed by atoms with E-state index < -0.39 is 17.7 Å². The third-order valence-corrected chi connectivity index (χ3v) is 7.00. The zero-order valence-corrected chi connectivity index (χ0v) is 20.7. The maximum absolute atomic E-state index is 13.3. The highest BCUT2D eigenvalue weighted by Gasteiger charge is 2.46. The second-order valence-corrected chi connectivity index (χ2v) is 9.33. The predicted molar refractivity (Wildman–Crippen MR) is 136 cm³/mol. The van der Waals surface area contributed by atoms with Crippen LogP contribution in [0.4, 0.5) is 0 Å². The van der Waals surface area contributed by atoms with Crippen molar-refractivity contribution in [1.82, 2.24) is 19.6 Å². The van der Waals surface area contributed by atoms with E-state index in [2.05, 4.69) is 10.00 Å². The number of amides is 1. The summed E-state index contributed by atoms with van der Waals surface area (Å²) in [6, 6.07) is 15.8. The van der Waals surface area contributed by atoms with Gasteiger partial charge in [0.15, 0.2) is 0 Å². The van der Waals surface area contributed by atoms with Crippen LogP contribution in [0.5, 0.6) is 0 Å². The lowest BCUT2D eigenvalue weighted by Gasteiger charge is -2.31. The van der Waals surface area contributed by atoms with Gasteiger partial charge >= 0.3 is 0 Å². The van der Waals surface area contributed by atoms with E-state index in [9.17, 15) is 14.7 Å². The predicted octanol–water partition coefficient (Wildman–Crippen LogP) is 3.59. The smallest absolute Gasteiger partial charge is 0.295 e. The Morgan fingerprint density at radius 1 is 1.06 bits per heavy atom. The molecule has 3 heterocycles. The van der Waals surface area contributed by atoms with Crippen LogP contribution in [-0.2, 0) is 14.3 Å². The number of aliphatic hydroxyl groups is 1. The first-order valence-electron chi connectivity index (χ1n) is 11.9. The summed E-state index contributed by atoms with van der Waals surface area (Å²) in [5, 5.41) is 16.4. The van der Waals surface area contributed by atoms with E-state index in [1.54, 1.807) is 33.8 Å². The van der Waals surface area contributed by atoms with Crippen LogP contribution in [-0.4, -0.2) is 75.8 Å². The molecule has 1 amide bonds. The number of para-hydroxylation sites is 1. The van der Waals surface area contributed by atoms with E-state index >= 15 is 0 Å². The maximum Gasteiger partial charge on any atom is 0.295 e. The number of halogens is 1. The van der Waals surface area contributed by atoms with Gasteiger partial charge in [0.1, 0.15) is 5.76 Å². The summed E-state index contributed by atoms with van der Waals surface area (Å²) in [5.74, 6) is -1.57. The summed E-state index contributed by atoms with van der Waals surface area (Å²) in [7, 11) is 0. The number of rotatable bonds is 6. The molecule has 0 bridgehead atoms. The number of carbonyl (C=O) groups excluding carboxylic acids is 2. The van der Waals surface area contributed by atoms with Gasteiger partial charge in [0.05, 0.1) is 48.0 Å². The molecule has 1 N–H and O–H groups in total. The van der Waals surface area contributed by atoms with E-state index in [1.807, 2.05) is 37.3 Å². The molecular formula is C27H27ClN4O4. The number of Topliss-reactive ketones (excluding diaryl/α,β-unsaturated/α-hetero) is 1. The normalized spacial score (nSPS) is 20.3. The molecule has 0 saturated carbocycles. The van der Waals surface area contributed by atoms with Crippen LogP contribution in [0.25, 0.3) is 11.4 Å². The van der Waals surface area contributed by atoms with Crippen molar-refractivity contribution < 1.29 is 19.4 Å². The molecule has 186 valence electrons. The zero-order chi connectivity index (χ0) is 25.2. The zero-order valence-electron chi connectivity index (χ0n) is 19.9. The molecule has 8 nitrogen and oxygen atoms in total. The Bertz CT molecular complexity index is 1300. The number of hydrogen-bond acceptors (Lipinski definition) is 6. The average molecular weight is 507 g/mol. The third-order valence-electron chi connectivity index (χ3n) is 6.75. The number of hydrogen-bond donors (Lipinski definition) is 1. The molecule has 2 saturated heterocycles. The average Bonchev–Trinajstić information content (AvgIpc) is 3.41. The van der Waals surface area contributed by atoms with Crippen LogP contribution in [0.3, 0.4) is 0 Å². The molecular weight excluding hydrogens is 480 g/mol. The molecule has 5 rings (SSSR count). The Morgan fingerprint density at radius 2 is 1.75 bits per heavy atom. The van der Waals surface area contributed by atoms with Gasteiger partial charge in [-0.15, -0.1) is 0 Å². The number of carbonyl (C=O) groups is 2. The van der Waals surface area contributed by atoms with E-state index in [0.717, 1.165) is 18.8 Å². The van der Waals surface area contributed by atoms with E-state index in [1.165, 1.54) is 6.20 Å². The number of likely N-dealkylation sites (tertiary alicyclic amines) is 1. The lowest BCUT2D eigenvalue weighted by Crippen LogP contribution is -2.42. The van der Waals surface area contributed by atoms with Crippen LogP contribution >= 0.6 is 11.6 Å². The van der Waals surface area contributed by atoms with Crippen molar-refractivity contribution in [2.24, 2.45) is 0 Å². The molecule has 2 aliphatic rings. The molecule has 9 heteroatoms. The highest BCUT2D eigenvalue weighted by molar-refractivity contribution is 6.46. The van der Waals surface area contributed by atoms with Gasteiger partial charge in [0, 0.05) is 31.2 Å². The summed E-state index contributed by atoms with van der Waals surface area (Å²) in [6.07, 6.45) is 1.53. The molecule has 2 fully saturated rings. The SMILES string of the molecule is Cc1c(/C(O)=C2\C(=O)C(=O)N(CCN3CCOCC3)[C@@H]2c2ccc(Cl)cc2)cnn1-c1ccccc1. The van der Waals surface area contributed by atoms with E-state index in [4.69, 9.17) is 16.3 Å². The van der Waals surface area contributed by atoms with Crippen molar-refractivity contribution in [3.05, 3.63) is 88.2 Å². The number of ketones is 1. The number of nitrogens with zero attached hydrogens (tertiary/aromatic N) is 4. The summed E-state index contributed by atoms with van der Waals surface area (Å²) >= 11 is 6.11. The third kappa shape index (κ3) is 4.55. The van der Waals surface area contributed by atoms with Gasteiger partial charge in [-0.25, -0.2) is 4.68 Å². The Balaban J connectivity index is 1.55. The number of aliphatic hydroxyl groups excluding tert-OH is 1. The molecule has 1 aromatic heterocycles. The Morgan fingerprint density at radius 3 is 2.44 bits per heavy atom. The van der Waals surface area contributed by atoms with Gasteiger partial charge < -0.3 is 14.7 Å². The summed E-state index contributed by atoms with van der Waals surface area (Å²) in [5.41, 5.74) is 2.65. The largest absolute Gasteiger partial charge is 0.507 e. The first-order chi connectivity index (χ1) is 17.5. The van der Waals surface area contributed by atoms with Gasteiger partial charge in [0.25, 0.3) is 11.7 Å². The summed E-state index contributed by atoms with van der Waals surface area (Å²) in [6.45, 7) is 5.60. The van der Waals surface area contributed by atoms with E-state index in [0.29, 0.717) is 48.1 Å². The van der Waals surface area contributed by atoms with Crippen molar-refractivity contribution in [3.63, 3.8) is 0 Å². The van der Waals surface area contributed by atoms with Crippen molar-refractivity contribution in [2.45, 2.75) is 13.0 Å². The fourth-order valence-corrected chi connectivity index (χ4v) is 4.92. The van der Waals surface area contributed by atoms with Crippen LogP contribution < -0.4 is 0 Å². The second kappa shape index (κ2) is 10.3. The van der Waals surface area contributed by atoms with Gasteiger partial charge in [-0.3, -0.25) is 14.5 Å². The molecule has 2 aliphatic heterocycles. The second-order valence-electron chi connectivity index (χ2n) is 8.89. The first-order valence-corrected chi connectivity index (χ1v) is 12.3. The Labute approximate surface area is 214 Å². The molecule has 36 heavy (non-hydrogen) atoms. The van der Waals surface area contributed by atoms with Gasteiger partial charge in [-0.1, -0.05) is 41.9 Å². The molecule has 0 radical (unpaired) electrons. The molecule has 2 aromatic carbocycles.